The van der Waals surface area contributed by atoms with Crippen molar-refractivity contribution in [1.82, 2.24) is 14.3 Å². The summed E-state index contributed by atoms with van der Waals surface area (Å²) < 4.78 is 2.21. The molecule has 1 amide bonds. The van der Waals surface area contributed by atoms with Gasteiger partial charge >= 0.3 is 0 Å². The van der Waals surface area contributed by atoms with Gasteiger partial charge in [0, 0.05) is 25.3 Å². The quantitative estimate of drug-likeness (QED) is 0.439. The number of hydrogen-bond acceptors (Lipinski definition) is 6. The zero-order valence-electron chi connectivity index (χ0n) is 20.1. The number of thiocarbonyl (C=S) groups is 1. The minimum atomic E-state index is -0.141. The molecule has 8 heteroatoms. The molecule has 3 fully saturated rings. The Morgan fingerprint density at radius 1 is 1.09 bits per heavy atom. The highest BCUT2D eigenvalue weighted by molar-refractivity contribution is 8.26. The topological polar surface area (TPSA) is 57.9 Å². The molecule has 4 heterocycles. The average molecular weight is 497 g/mol. The summed E-state index contributed by atoms with van der Waals surface area (Å²) in [6.07, 6.45) is 10.2. The second-order valence-electron chi connectivity index (χ2n) is 10.3. The lowest BCUT2D eigenvalue weighted by molar-refractivity contribution is -0.124. The van der Waals surface area contributed by atoms with Gasteiger partial charge in [0.2, 0.25) is 0 Å². The Hall–Kier alpha value is -2.19. The molecule has 5 rings (SSSR count). The van der Waals surface area contributed by atoms with Crippen molar-refractivity contribution in [1.29, 1.82) is 0 Å². The van der Waals surface area contributed by atoms with Crippen molar-refractivity contribution in [2.75, 3.05) is 18.0 Å². The van der Waals surface area contributed by atoms with Crippen molar-refractivity contribution >= 4 is 51.7 Å². The smallest absolute Gasteiger partial charge is 0.267 e. The van der Waals surface area contributed by atoms with Crippen molar-refractivity contribution in [3.8, 4) is 0 Å². The van der Waals surface area contributed by atoms with E-state index in [-0.39, 0.29) is 17.5 Å². The van der Waals surface area contributed by atoms with E-state index in [2.05, 4.69) is 18.7 Å². The third-order valence-electron chi connectivity index (χ3n) is 7.19. The number of fused-ring (bicyclic) bond motifs is 1. The normalized spacial score (nSPS) is 25.7. The molecule has 0 bridgehead atoms. The number of hydrogen-bond donors (Lipinski definition) is 0. The second kappa shape index (κ2) is 9.46. The molecule has 3 aliphatic rings. The number of anilines is 1. The number of nitrogens with zero attached hydrogens (tertiary/aromatic N) is 4. The third kappa shape index (κ3) is 4.42. The SMILES string of the molecule is Cc1ccc2nc(N3C[C@H](C)C[C@H](C)C3)c(/C=C3\SC(=S)N(C4CCCCC4)C3=O)c(=O)n2c1. The van der Waals surface area contributed by atoms with Crippen LogP contribution < -0.4 is 10.5 Å². The van der Waals surface area contributed by atoms with Gasteiger partial charge in [0.05, 0.1) is 10.5 Å². The maximum atomic E-state index is 13.8. The Balaban J connectivity index is 1.61. The van der Waals surface area contributed by atoms with Gasteiger partial charge in [0.15, 0.2) is 0 Å². The van der Waals surface area contributed by atoms with Crippen LogP contribution in [0.4, 0.5) is 5.82 Å². The summed E-state index contributed by atoms with van der Waals surface area (Å²) in [4.78, 5) is 36.7. The van der Waals surface area contributed by atoms with Crippen molar-refractivity contribution in [3.05, 3.63) is 44.7 Å². The number of piperidine rings is 1. The molecule has 2 saturated heterocycles. The Morgan fingerprint density at radius 2 is 1.79 bits per heavy atom. The Morgan fingerprint density at radius 3 is 2.50 bits per heavy atom. The van der Waals surface area contributed by atoms with E-state index in [1.165, 1.54) is 18.2 Å². The summed E-state index contributed by atoms with van der Waals surface area (Å²) in [6, 6.07) is 4.04. The predicted molar refractivity (Wildman–Crippen MR) is 143 cm³/mol. The summed E-state index contributed by atoms with van der Waals surface area (Å²) in [5.41, 5.74) is 1.95. The first kappa shape index (κ1) is 23.5. The monoisotopic (exact) mass is 496 g/mol. The minimum absolute atomic E-state index is 0.0676. The van der Waals surface area contributed by atoms with Gasteiger partial charge in [0.1, 0.15) is 15.8 Å². The number of carbonyl (C=O) groups excluding carboxylic acids is 1. The highest BCUT2D eigenvalue weighted by Crippen LogP contribution is 2.38. The zero-order valence-corrected chi connectivity index (χ0v) is 21.8. The molecule has 180 valence electrons. The molecular formula is C26H32N4O2S2. The lowest BCUT2D eigenvalue weighted by Gasteiger charge is -2.36. The van der Waals surface area contributed by atoms with E-state index in [9.17, 15) is 9.59 Å². The van der Waals surface area contributed by atoms with Gasteiger partial charge in [-0.15, -0.1) is 0 Å². The zero-order chi connectivity index (χ0) is 24.0. The Labute approximate surface area is 210 Å². The first-order valence-electron chi connectivity index (χ1n) is 12.4. The van der Waals surface area contributed by atoms with Gasteiger partial charge in [-0.3, -0.25) is 18.9 Å². The summed E-state index contributed by atoms with van der Waals surface area (Å²) in [7, 11) is 0. The molecule has 1 aliphatic carbocycles. The molecule has 0 N–H and O–H groups in total. The standard InChI is InChI=1S/C26H32N4O2S2/c1-16-9-10-22-27-23(28-13-17(2)11-18(3)14-28)20(24(31)29(22)15-16)12-21-25(32)30(26(33)34-21)19-7-5-4-6-8-19/h9-10,12,15,17-19H,4-8,11,13-14H2,1-3H3/b21-12-/t17-,18+. The Bertz CT molecular complexity index is 1220. The predicted octanol–water partition coefficient (Wildman–Crippen LogP) is 5.02. The van der Waals surface area contributed by atoms with Crippen molar-refractivity contribution in [3.63, 3.8) is 0 Å². The van der Waals surface area contributed by atoms with Crippen LogP contribution in [0.25, 0.3) is 11.7 Å². The van der Waals surface area contributed by atoms with Gasteiger partial charge in [-0.05, 0) is 55.7 Å². The number of aromatic nitrogens is 2. The van der Waals surface area contributed by atoms with Crippen LogP contribution in [-0.4, -0.2) is 43.6 Å². The molecular weight excluding hydrogens is 464 g/mol. The first-order valence-corrected chi connectivity index (χ1v) is 13.6. The second-order valence-corrected chi connectivity index (χ2v) is 12.0. The van der Waals surface area contributed by atoms with Crippen LogP contribution in [-0.2, 0) is 4.79 Å². The van der Waals surface area contributed by atoms with Gasteiger partial charge in [-0.1, -0.05) is 63.2 Å². The fourth-order valence-electron chi connectivity index (χ4n) is 5.72. The van der Waals surface area contributed by atoms with Crippen molar-refractivity contribution in [2.24, 2.45) is 11.8 Å². The fraction of sp³-hybridized carbons (Fsp3) is 0.538. The lowest BCUT2D eigenvalue weighted by atomic mass is 9.91. The van der Waals surface area contributed by atoms with Crippen LogP contribution in [0.15, 0.2) is 28.0 Å². The molecule has 6 nitrogen and oxygen atoms in total. The largest absolute Gasteiger partial charge is 0.355 e. The van der Waals surface area contributed by atoms with Gasteiger partial charge in [-0.2, -0.15) is 0 Å². The highest BCUT2D eigenvalue weighted by atomic mass is 32.2. The van der Waals surface area contributed by atoms with Gasteiger partial charge in [0.25, 0.3) is 11.5 Å². The highest BCUT2D eigenvalue weighted by Gasteiger charge is 2.38. The first-order chi connectivity index (χ1) is 16.3. The molecule has 1 saturated carbocycles. The van der Waals surface area contributed by atoms with Crippen molar-refractivity contribution in [2.45, 2.75) is 65.3 Å². The van der Waals surface area contributed by atoms with Crippen LogP contribution in [0.3, 0.4) is 0 Å². The molecule has 34 heavy (non-hydrogen) atoms. The number of aryl methyl sites for hydroxylation is 1. The molecule has 0 spiro atoms. The summed E-state index contributed by atoms with van der Waals surface area (Å²) in [5.74, 6) is 1.64. The van der Waals surface area contributed by atoms with E-state index in [1.807, 2.05) is 25.3 Å². The van der Waals surface area contributed by atoms with Gasteiger partial charge < -0.3 is 4.90 Å². The number of rotatable bonds is 3. The van der Waals surface area contributed by atoms with E-state index in [0.717, 1.165) is 50.8 Å². The van der Waals surface area contributed by atoms with Crippen LogP contribution in [0.1, 0.15) is 63.5 Å². The number of amides is 1. The number of pyridine rings is 1. The molecule has 2 atom stereocenters. The molecule has 0 aromatic carbocycles. The molecule has 2 aromatic rings. The minimum Gasteiger partial charge on any atom is -0.355 e. The molecule has 0 unspecified atom stereocenters. The van der Waals surface area contributed by atoms with Crippen LogP contribution >= 0.6 is 24.0 Å². The van der Waals surface area contributed by atoms with E-state index < -0.39 is 0 Å². The van der Waals surface area contributed by atoms with E-state index in [4.69, 9.17) is 17.2 Å². The van der Waals surface area contributed by atoms with E-state index >= 15 is 0 Å². The van der Waals surface area contributed by atoms with E-state index in [1.54, 1.807) is 15.4 Å². The number of thioether (sulfide) groups is 1. The van der Waals surface area contributed by atoms with Crippen LogP contribution in [0.2, 0.25) is 0 Å². The van der Waals surface area contributed by atoms with Gasteiger partial charge in [-0.25, -0.2) is 4.98 Å². The average Bonchev–Trinajstić information content (AvgIpc) is 3.08. The van der Waals surface area contributed by atoms with Crippen molar-refractivity contribution < 1.29 is 4.79 Å². The number of carbonyl (C=O) groups is 1. The molecule has 0 radical (unpaired) electrons. The van der Waals surface area contributed by atoms with E-state index in [0.29, 0.717) is 38.1 Å². The molecule has 2 aromatic heterocycles. The third-order valence-corrected chi connectivity index (χ3v) is 8.52. The Kier molecular flexibility index (Phi) is 6.55. The summed E-state index contributed by atoms with van der Waals surface area (Å²) in [5, 5.41) is 0. The summed E-state index contributed by atoms with van der Waals surface area (Å²) in [6.45, 7) is 8.15. The van der Waals surface area contributed by atoms with Crippen LogP contribution in [0.5, 0.6) is 0 Å². The maximum absolute atomic E-state index is 13.8. The van der Waals surface area contributed by atoms with Crippen LogP contribution in [0, 0.1) is 18.8 Å². The summed E-state index contributed by atoms with van der Waals surface area (Å²) >= 11 is 6.94. The fourth-order valence-corrected chi connectivity index (χ4v) is 7.10. The molecule has 2 aliphatic heterocycles. The maximum Gasteiger partial charge on any atom is 0.267 e. The lowest BCUT2D eigenvalue weighted by Crippen LogP contribution is -2.41.